The van der Waals surface area contributed by atoms with Gasteiger partial charge in [-0.2, -0.15) is 10.2 Å². The van der Waals surface area contributed by atoms with E-state index in [-0.39, 0.29) is 29.7 Å². The molecule has 0 bridgehead atoms. The highest BCUT2D eigenvalue weighted by atomic mass is 16.4. The second kappa shape index (κ2) is 10.0. The lowest BCUT2D eigenvalue weighted by Gasteiger charge is -2.37. The molecule has 1 spiro atoms. The van der Waals surface area contributed by atoms with E-state index in [1.165, 1.54) is 0 Å². The second-order valence-corrected chi connectivity index (χ2v) is 12.2. The summed E-state index contributed by atoms with van der Waals surface area (Å²) in [5, 5.41) is 25.2. The zero-order valence-corrected chi connectivity index (χ0v) is 23.1. The Morgan fingerprint density at radius 3 is 2.67 bits per heavy atom. The Hall–Kier alpha value is -3.76. The third-order valence-corrected chi connectivity index (χ3v) is 9.36. The number of aryl methyl sites for hydroxylation is 1. The number of carbonyl (C=O) groups is 3. The van der Waals surface area contributed by atoms with Crippen LogP contribution in [0.5, 0.6) is 0 Å². The fraction of sp³-hybridized carbons (Fsp3) is 0.586. The third kappa shape index (κ3) is 4.75. The van der Waals surface area contributed by atoms with Crippen molar-refractivity contribution in [3.05, 3.63) is 47.7 Å². The van der Waals surface area contributed by atoms with Crippen LogP contribution in [-0.4, -0.2) is 53.8 Å². The number of hydrogen-bond acceptors (Lipinski definition) is 6. The Morgan fingerprint density at radius 2 is 1.98 bits per heavy atom. The molecule has 2 amide bonds. The maximum absolute atomic E-state index is 13.3. The van der Waals surface area contributed by atoms with Crippen molar-refractivity contribution in [3.8, 4) is 0 Å². The highest BCUT2D eigenvalue weighted by molar-refractivity contribution is 6.03. The van der Waals surface area contributed by atoms with E-state index in [9.17, 15) is 19.5 Å². The highest BCUT2D eigenvalue weighted by Gasteiger charge is 2.59. The van der Waals surface area contributed by atoms with Crippen molar-refractivity contribution in [2.45, 2.75) is 77.8 Å². The van der Waals surface area contributed by atoms with Gasteiger partial charge in [0.05, 0.1) is 23.6 Å². The van der Waals surface area contributed by atoms with Gasteiger partial charge in [-0.3, -0.25) is 19.1 Å². The first-order chi connectivity index (χ1) is 19.2. The van der Waals surface area contributed by atoms with Gasteiger partial charge >= 0.3 is 5.97 Å². The number of imidazole rings is 1. The van der Waals surface area contributed by atoms with Crippen molar-refractivity contribution in [2.24, 2.45) is 22.7 Å². The smallest absolute Gasteiger partial charge is 0.319 e. The predicted molar refractivity (Wildman–Crippen MR) is 145 cm³/mol. The quantitative estimate of drug-likeness (QED) is 0.368. The minimum atomic E-state index is -1.53. The van der Waals surface area contributed by atoms with Gasteiger partial charge in [-0.05, 0) is 74.5 Å². The van der Waals surface area contributed by atoms with Gasteiger partial charge in [0.1, 0.15) is 5.69 Å². The van der Waals surface area contributed by atoms with Crippen LogP contribution in [0.3, 0.4) is 0 Å². The van der Waals surface area contributed by atoms with Gasteiger partial charge in [0.25, 0.3) is 5.91 Å². The molecular formula is C29H37N7O4. The number of nitrogens with zero attached hydrogens (tertiary/aromatic N) is 5. The third-order valence-electron chi connectivity index (χ3n) is 9.36. The molecule has 11 heteroatoms. The van der Waals surface area contributed by atoms with Crippen LogP contribution in [0.2, 0.25) is 0 Å². The summed E-state index contributed by atoms with van der Waals surface area (Å²) in [7, 11) is 0. The number of carboxylic acid groups (broad SMARTS) is 1. The number of nitrogens with one attached hydrogen (secondary N) is 2. The number of carboxylic acids is 1. The first-order valence-electron chi connectivity index (χ1n) is 14.4. The van der Waals surface area contributed by atoms with E-state index in [0.29, 0.717) is 42.5 Å². The molecule has 2 saturated carbocycles. The van der Waals surface area contributed by atoms with Crippen molar-refractivity contribution in [1.82, 2.24) is 35.0 Å². The van der Waals surface area contributed by atoms with Gasteiger partial charge < -0.3 is 15.7 Å². The molecule has 3 aromatic rings. The number of hydrogen-bond donors (Lipinski definition) is 3. The lowest BCUT2D eigenvalue weighted by Crippen LogP contribution is -2.55. The molecule has 212 valence electrons. The molecule has 1 aliphatic heterocycles. The summed E-state index contributed by atoms with van der Waals surface area (Å²) in [6.45, 7) is 5.36. The van der Waals surface area contributed by atoms with Crippen LogP contribution in [0.1, 0.15) is 86.7 Å². The van der Waals surface area contributed by atoms with Crippen molar-refractivity contribution >= 4 is 23.4 Å². The Kier molecular flexibility index (Phi) is 6.62. The first kappa shape index (κ1) is 26.5. The van der Waals surface area contributed by atoms with Gasteiger partial charge in [0, 0.05) is 25.7 Å². The molecule has 6 rings (SSSR count). The number of aliphatic carboxylic acids is 1. The topological polar surface area (TPSA) is 144 Å². The summed E-state index contributed by atoms with van der Waals surface area (Å²) < 4.78 is 3.33. The van der Waals surface area contributed by atoms with Crippen molar-refractivity contribution in [2.75, 3.05) is 6.54 Å². The van der Waals surface area contributed by atoms with Crippen LogP contribution >= 0.6 is 0 Å². The maximum atomic E-state index is 13.3. The average Bonchev–Trinajstić information content (AvgIpc) is 3.32. The lowest BCUT2D eigenvalue weighted by atomic mass is 9.71. The molecule has 40 heavy (non-hydrogen) atoms. The van der Waals surface area contributed by atoms with E-state index in [0.717, 1.165) is 44.2 Å². The molecule has 3 fully saturated rings. The molecular weight excluding hydrogens is 510 g/mol. The van der Waals surface area contributed by atoms with Gasteiger partial charge in [-0.15, -0.1) is 0 Å². The molecule has 0 aromatic carbocycles. The van der Waals surface area contributed by atoms with Crippen LogP contribution in [0, 0.1) is 22.7 Å². The predicted octanol–water partition coefficient (Wildman–Crippen LogP) is 3.16. The molecule has 3 aliphatic rings. The Labute approximate surface area is 232 Å². The zero-order valence-electron chi connectivity index (χ0n) is 23.1. The van der Waals surface area contributed by atoms with Gasteiger partial charge in [-0.1, -0.05) is 19.8 Å². The van der Waals surface area contributed by atoms with Crippen molar-refractivity contribution < 1.29 is 19.5 Å². The number of amides is 2. The molecule has 3 N–H and O–H groups in total. The Balaban J connectivity index is 1.30. The minimum absolute atomic E-state index is 0.0149. The van der Waals surface area contributed by atoms with Crippen LogP contribution < -0.4 is 10.6 Å². The number of fused-ring (bicyclic) bond motifs is 1. The van der Waals surface area contributed by atoms with E-state index in [1.54, 1.807) is 27.5 Å². The number of aromatic nitrogens is 5. The summed E-state index contributed by atoms with van der Waals surface area (Å²) in [5.74, 6) is -0.836. The summed E-state index contributed by atoms with van der Waals surface area (Å²) in [6, 6.07) is 4.99. The largest absolute Gasteiger partial charge is 0.480 e. The van der Waals surface area contributed by atoms with Gasteiger partial charge in [-0.25, -0.2) is 9.50 Å². The SMILES string of the molecule is CCn1nccc1C(=O)N[C@H](c1cn2nc(C[C@]3(C(=O)O)CC4(CC4)CNC3=O)ccc2n1)[C@H]1CC[C@H](C)CC1. The molecule has 3 aromatic heterocycles. The van der Waals surface area contributed by atoms with E-state index in [2.05, 4.69) is 22.7 Å². The van der Waals surface area contributed by atoms with E-state index in [4.69, 9.17) is 10.1 Å². The van der Waals surface area contributed by atoms with Gasteiger partial charge in [0.2, 0.25) is 5.91 Å². The zero-order chi connectivity index (χ0) is 28.1. The van der Waals surface area contributed by atoms with Gasteiger partial charge in [0.15, 0.2) is 11.1 Å². The van der Waals surface area contributed by atoms with E-state index >= 15 is 0 Å². The normalized spacial score (nSPS) is 26.4. The van der Waals surface area contributed by atoms with Crippen LogP contribution in [-0.2, 0) is 22.6 Å². The van der Waals surface area contributed by atoms with E-state index < -0.39 is 17.3 Å². The second-order valence-electron chi connectivity index (χ2n) is 12.2. The summed E-state index contributed by atoms with van der Waals surface area (Å²) in [6.07, 6.45) is 9.86. The molecule has 4 heterocycles. The molecule has 0 radical (unpaired) electrons. The number of carbonyl (C=O) groups excluding carboxylic acids is 2. The summed E-state index contributed by atoms with van der Waals surface area (Å²) in [4.78, 5) is 43.5. The lowest BCUT2D eigenvalue weighted by molar-refractivity contribution is -0.160. The van der Waals surface area contributed by atoms with Crippen LogP contribution in [0.25, 0.3) is 5.65 Å². The fourth-order valence-corrected chi connectivity index (χ4v) is 6.68. The number of rotatable bonds is 8. The number of piperidine rings is 1. The molecule has 2 aliphatic carbocycles. The van der Waals surface area contributed by atoms with Crippen molar-refractivity contribution in [1.29, 1.82) is 0 Å². The Morgan fingerprint density at radius 1 is 1.20 bits per heavy atom. The molecule has 1 saturated heterocycles. The van der Waals surface area contributed by atoms with Crippen LogP contribution in [0.15, 0.2) is 30.6 Å². The molecule has 0 unspecified atom stereocenters. The molecule has 2 atom stereocenters. The van der Waals surface area contributed by atoms with Crippen LogP contribution in [0.4, 0.5) is 0 Å². The fourth-order valence-electron chi connectivity index (χ4n) is 6.68. The monoisotopic (exact) mass is 547 g/mol. The standard InChI is InChI=1S/C29H37N7O4/c1-3-35-22(10-13-31-35)25(37)33-24(19-6-4-18(2)5-7-19)21-15-36-23(32-21)9-8-20(34-36)14-29(27(39)40)16-28(11-12-28)17-30-26(29)38/h8-10,13,15,18-19,24H,3-7,11-12,14,16-17H2,1-2H3,(H,30,38)(H,33,37)(H,39,40)/t18-,19-,24-,29-/m0/s1. The minimum Gasteiger partial charge on any atom is -0.480 e. The summed E-state index contributed by atoms with van der Waals surface area (Å²) in [5.41, 5.74) is 0.729. The average molecular weight is 548 g/mol. The Bertz CT molecular complexity index is 1450. The molecule has 11 nitrogen and oxygen atoms in total. The van der Waals surface area contributed by atoms with Crippen molar-refractivity contribution in [3.63, 3.8) is 0 Å². The maximum Gasteiger partial charge on any atom is 0.319 e. The highest BCUT2D eigenvalue weighted by Crippen LogP contribution is 2.55. The summed E-state index contributed by atoms with van der Waals surface area (Å²) >= 11 is 0. The first-order valence-corrected chi connectivity index (χ1v) is 14.4. The van der Waals surface area contributed by atoms with E-state index in [1.807, 2.05) is 19.2 Å².